The van der Waals surface area contributed by atoms with Gasteiger partial charge in [0.2, 0.25) is 6.36 Å². The van der Waals surface area contributed by atoms with Crippen molar-refractivity contribution in [2.24, 2.45) is 11.8 Å². The smallest absolute Gasteiger partial charge is 0.214 e. The number of hydrogen-bond donors (Lipinski definition) is 2. The van der Waals surface area contributed by atoms with E-state index in [0.29, 0.717) is 0 Å². The fourth-order valence-corrected chi connectivity index (χ4v) is 8.84. The van der Waals surface area contributed by atoms with Gasteiger partial charge in [0, 0.05) is 37.0 Å². The normalized spacial score (nSPS) is 39.1. The third-order valence-corrected chi connectivity index (χ3v) is 12.2. The molecule has 3 saturated heterocycles. The maximum absolute atomic E-state index is 14.0. The molecule has 3 heterocycles. The maximum Gasteiger partial charge on any atom is 0.214 e. The number of aliphatic hydroxyl groups excluding tert-OH is 2. The number of methoxy groups -OCH3 is 3. The van der Waals surface area contributed by atoms with Crippen LogP contribution < -0.4 is 0 Å². The quantitative estimate of drug-likeness (QED) is 0.321. The van der Waals surface area contributed by atoms with Crippen molar-refractivity contribution in [2.75, 3.05) is 21.3 Å². The van der Waals surface area contributed by atoms with Gasteiger partial charge in [0.05, 0.1) is 53.0 Å². The molecule has 0 radical (unpaired) electrons. The van der Waals surface area contributed by atoms with Crippen molar-refractivity contribution >= 4 is 29.8 Å². The van der Waals surface area contributed by atoms with E-state index in [-0.39, 0.29) is 53.7 Å². The fourth-order valence-electron chi connectivity index (χ4n) is 6.34. The molecule has 276 valence electrons. The van der Waals surface area contributed by atoms with Crippen LogP contribution in [0.25, 0.3) is 0 Å². The number of alkyl halides is 1. The first-order chi connectivity index (χ1) is 23.4. The van der Waals surface area contributed by atoms with Crippen molar-refractivity contribution in [1.29, 1.82) is 0 Å². The van der Waals surface area contributed by atoms with Crippen molar-refractivity contribution in [1.82, 2.24) is 0 Å². The molecule has 15 atom stereocenters. The molecule has 0 spiro atoms. The Morgan fingerprint density at radius 2 is 1.04 bits per heavy atom. The van der Waals surface area contributed by atoms with Crippen LogP contribution in [0.15, 0.2) is 70.5 Å². The van der Waals surface area contributed by atoms with Gasteiger partial charge in [-0.25, -0.2) is 4.39 Å². The van der Waals surface area contributed by atoms with Crippen molar-refractivity contribution in [3.05, 3.63) is 60.7 Å². The molecule has 0 aromatic heterocycles. The number of thioether (sulfide) groups is 2. The highest BCUT2D eigenvalue weighted by Crippen LogP contribution is 2.37. The van der Waals surface area contributed by atoms with Gasteiger partial charge in [-0.2, -0.15) is 0 Å². The molecular formula is C37H55FO9S2. The summed E-state index contributed by atoms with van der Waals surface area (Å²) in [4.78, 5) is 12.9. The SMILES string of the molecule is COC1C(C)C(C)OC(C)C1C=O.COC1C(O)C(C)OC(C)C1Sc1ccccc1.COC1C(O)C(C)OC(F)C1Sc1ccccc1. The Balaban J connectivity index is 0.000000202. The monoisotopic (exact) mass is 726 g/mol. The van der Waals surface area contributed by atoms with E-state index < -0.39 is 36.0 Å². The number of aldehydes is 1. The summed E-state index contributed by atoms with van der Waals surface area (Å²) < 4.78 is 46.5. The van der Waals surface area contributed by atoms with Gasteiger partial charge in [0.15, 0.2) is 0 Å². The molecule has 0 amide bonds. The second kappa shape index (κ2) is 20.5. The summed E-state index contributed by atoms with van der Waals surface area (Å²) in [7, 11) is 4.79. The summed E-state index contributed by atoms with van der Waals surface area (Å²) in [5.41, 5.74) is 0. The third-order valence-electron chi connectivity index (χ3n) is 9.39. The minimum atomic E-state index is -1.45. The number of benzene rings is 2. The Bertz CT molecular complexity index is 1140. The van der Waals surface area contributed by atoms with Gasteiger partial charge in [0.1, 0.15) is 30.7 Å². The number of hydrogen-bond acceptors (Lipinski definition) is 11. The largest absolute Gasteiger partial charge is 0.388 e. The zero-order valence-electron chi connectivity index (χ0n) is 30.0. The van der Waals surface area contributed by atoms with E-state index in [1.54, 1.807) is 32.9 Å². The summed E-state index contributed by atoms with van der Waals surface area (Å²) in [6.45, 7) is 11.6. The number of carbonyl (C=O) groups excluding carboxylic acids is 1. The molecular weight excluding hydrogens is 672 g/mol. The zero-order valence-corrected chi connectivity index (χ0v) is 31.6. The van der Waals surface area contributed by atoms with Gasteiger partial charge in [0.25, 0.3) is 0 Å². The van der Waals surface area contributed by atoms with Gasteiger partial charge in [-0.05, 0) is 58.9 Å². The molecule has 15 unspecified atom stereocenters. The summed E-state index contributed by atoms with van der Waals surface area (Å²) in [5.74, 6) is 0.146. The summed E-state index contributed by atoms with van der Waals surface area (Å²) in [6.07, 6.45) is -3.23. The van der Waals surface area contributed by atoms with Crippen LogP contribution in [0, 0.1) is 11.8 Å². The number of rotatable bonds is 8. The average molecular weight is 727 g/mol. The standard InChI is InChI=1S/C14H20O3S.C13H17FO3S.C10H18O3/c1-9-12(15)13(16-3)14(10(2)17-9)18-11-7-5-4-6-8-11;1-8-10(15)11(16-2)12(13(14)17-8)18-9-6-4-3-5-7-9;1-6-7(2)13-8(3)9(5-11)10(6)12-4/h4-10,12-15H,1-3H3;3-8,10-13,15H,1-2H3;5-10H,1-4H3. The lowest BCUT2D eigenvalue weighted by molar-refractivity contribution is -0.200. The maximum atomic E-state index is 14.0. The van der Waals surface area contributed by atoms with Gasteiger partial charge in [-0.3, -0.25) is 0 Å². The topological polar surface area (TPSA) is 113 Å². The predicted molar refractivity (Wildman–Crippen MR) is 191 cm³/mol. The first-order valence-corrected chi connectivity index (χ1v) is 18.6. The highest BCUT2D eigenvalue weighted by Gasteiger charge is 2.45. The van der Waals surface area contributed by atoms with E-state index in [2.05, 4.69) is 19.1 Å². The predicted octanol–water partition coefficient (Wildman–Crippen LogP) is 5.83. The molecule has 2 aromatic carbocycles. The molecule has 49 heavy (non-hydrogen) atoms. The van der Waals surface area contributed by atoms with E-state index in [1.807, 2.05) is 76.2 Å². The number of halogens is 1. The molecule has 2 aromatic rings. The van der Waals surface area contributed by atoms with Crippen LogP contribution in [0.1, 0.15) is 41.5 Å². The van der Waals surface area contributed by atoms with Crippen molar-refractivity contribution in [3.63, 3.8) is 0 Å². The summed E-state index contributed by atoms with van der Waals surface area (Å²) in [6, 6.07) is 19.6. The van der Waals surface area contributed by atoms with Crippen LogP contribution >= 0.6 is 23.5 Å². The molecule has 0 aliphatic carbocycles. The second-order valence-corrected chi connectivity index (χ2v) is 15.2. The Morgan fingerprint density at radius 3 is 1.51 bits per heavy atom. The van der Waals surface area contributed by atoms with Crippen LogP contribution in [0.2, 0.25) is 0 Å². The third kappa shape index (κ3) is 11.2. The Morgan fingerprint density at radius 1 is 0.612 bits per heavy atom. The zero-order chi connectivity index (χ0) is 36.2. The van der Waals surface area contributed by atoms with Gasteiger partial charge in [-0.15, -0.1) is 23.5 Å². The molecule has 3 aliphatic rings. The van der Waals surface area contributed by atoms with E-state index in [0.717, 1.165) is 11.2 Å². The highest BCUT2D eigenvalue weighted by molar-refractivity contribution is 8.00. The Hall–Kier alpha value is -1.58. The Labute approximate surface area is 299 Å². The van der Waals surface area contributed by atoms with Crippen molar-refractivity contribution < 1.29 is 47.8 Å². The number of ether oxygens (including phenoxy) is 6. The second-order valence-electron chi connectivity index (χ2n) is 12.7. The van der Waals surface area contributed by atoms with Crippen LogP contribution in [0.3, 0.4) is 0 Å². The lowest BCUT2D eigenvalue weighted by Gasteiger charge is -2.42. The van der Waals surface area contributed by atoms with Crippen LogP contribution in [0.4, 0.5) is 4.39 Å². The van der Waals surface area contributed by atoms with E-state index in [9.17, 15) is 19.4 Å². The Kier molecular flexibility index (Phi) is 17.5. The summed E-state index contributed by atoms with van der Waals surface area (Å²) >= 11 is 3.03. The fraction of sp³-hybridized carbons (Fsp3) is 0.649. The van der Waals surface area contributed by atoms with Gasteiger partial charge in [-0.1, -0.05) is 43.3 Å². The molecule has 12 heteroatoms. The molecule has 0 bridgehead atoms. The highest BCUT2D eigenvalue weighted by atomic mass is 32.2. The summed E-state index contributed by atoms with van der Waals surface area (Å²) in [5, 5.41) is 19.6. The first-order valence-electron chi connectivity index (χ1n) is 16.8. The van der Waals surface area contributed by atoms with Crippen molar-refractivity contribution in [3.8, 4) is 0 Å². The van der Waals surface area contributed by atoms with Crippen LogP contribution in [-0.4, -0.2) is 116 Å². The van der Waals surface area contributed by atoms with E-state index in [1.165, 1.54) is 23.8 Å². The average Bonchev–Trinajstić information content (AvgIpc) is 3.09. The minimum Gasteiger partial charge on any atom is -0.388 e. The molecule has 3 aliphatic heterocycles. The lowest BCUT2D eigenvalue weighted by atomic mass is 9.83. The molecule has 5 rings (SSSR count). The van der Waals surface area contributed by atoms with Gasteiger partial charge >= 0.3 is 0 Å². The minimum absolute atomic E-state index is 0.00347. The lowest BCUT2D eigenvalue weighted by Crippen LogP contribution is -2.55. The number of carbonyl (C=O) groups is 1. The molecule has 9 nitrogen and oxygen atoms in total. The molecule has 0 saturated carbocycles. The van der Waals surface area contributed by atoms with Crippen LogP contribution in [0.5, 0.6) is 0 Å². The van der Waals surface area contributed by atoms with E-state index in [4.69, 9.17) is 28.4 Å². The van der Waals surface area contributed by atoms with E-state index >= 15 is 0 Å². The molecule has 3 fully saturated rings. The molecule has 2 N–H and O–H groups in total. The van der Waals surface area contributed by atoms with Crippen LogP contribution in [-0.2, 0) is 33.2 Å². The first kappa shape index (κ1) is 41.8. The van der Waals surface area contributed by atoms with Gasteiger partial charge < -0.3 is 43.4 Å². The number of aliphatic hydroxyl groups is 2. The van der Waals surface area contributed by atoms with Crippen molar-refractivity contribution in [2.45, 2.75) is 129 Å².